The van der Waals surface area contributed by atoms with Crippen LogP contribution in [0.1, 0.15) is 42.3 Å². The third-order valence-electron chi connectivity index (χ3n) is 2.95. The van der Waals surface area contributed by atoms with Crippen molar-refractivity contribution in [2.24, 2.45) is 0 Å². The van der Waals surface area contributed by atoms with Crippen molar-refractivity contribution in [3.05, 3.63) is 71.3 Å². The minimum absolute atomic E-state index is 0.212. The fourth-order valence-corrected chi connectivity index (χ4v) is 1.97. The number of carbonyl (C=O) groups is 1. The van der Waals surface area contributed by atoms with E-state index in [0.29, 0.717) is 5.56 Å². The van der Waals surface area contributed by atoms with E-state index in [4.69, 9.17) is 4.84 Å². The van der Waals surface area contributed by atoms with Gasteiger partial charge in [0.15, 0.2) is 0 Å². The third-order valence-corrected chi connectivity index (χ3v) is 2.95. The average molecular weight is 283 g/mol. The molecule has 0 spiro atoms. The molecular formula is C18H21NO2. The molecule has 0 saturated heterocycles. The Kier molecular flexibility index (Phi) is 4.76. The van der Waals surface area contributed by atoms with Crippen LogP contribution in [0.2, 0.25) is 0 Å². The van der Waals surface area contributed by atoms with Crippen LogP contribution in [0.5, 0.6) is 0 Å². The second kappa shape index (κ2) is 6.55. The second-order valence-corrected chi connectivity index (χ2v) is 5.97. The third kappa shape index (κ3) is 4.72. The fourth-order valence-electron chi connectivity index (χ4n) is 1.97. The standard InChI is InChI=1S/C18H21NO2/c1-18(2,3)21-19-17(20)16-12-8-7-11-15(16)13-14-9-5-4-6-10-14/h4-12H,13H2,1-3H3,(H,19,20). The van der Waals surface area contributed by atoms with Crippen LogP contribution in [-0.2, 0) is 11.3 Å². The fraction of sp³-hybridized carbons (Fsp3) is 0.278. The molecule has 21 heavy (non-hydrogen) atoms. The monoisotopic (exact) mass is 283 g/mol. The van der Waals surface area contributed by atoms with Gasteiger partial charge in [-0.1, -0.05) is 48.5 Å². The summed E-state index contributed by atoms with van der Waals surface area (Å²) in [6.45, 7) is 5.68. The Morgan fingerprint density at radius 1 is 1.00 bits per heavy atom. The maximum atomic E-state index is 12.3. The van der Waals surface area contributed by atoms with Crippen LogP contribution in [0, 0.1) is 0 Å². The van der Waals surface area contributed by atoms with E-state index in [-0.39, 0.29) is 5.91 Å². The van der Waals surface area contributed by atoms with E-state index >= 15 is 0 Å². The molecule has 3 heteroatoms. The highest BCUT2D eigenvalue weighted by molar-refractivity contribution is 5.95. The summed E-state index contributed by atoms with van der Waals surface area (Å²) in [5.41, 5.74) is 4.92. The van der Waals surface area contributed by atoms with Crippen molar-refractivity contribution in [2.45, 2.75) is 32.8 Å². The number of hydroxylamine groups is 1. The summed E-state index contributed by atoms with van der Waals surface area (Å²) in [4.78, 5) is 17.6. The summed E-state index contributed by atoms with van der Waals surface area (Å²) >= 11 is 0. The summed E-state index contributed by atoms with van der Waals surface area (Å²) in [6.07, 6.45) is 0.722. The number of amides is 1. The first-order valence-corrected chi connectivity index (χ1v) is 7.06. The molecule has 0 radical (unpaired) electrons. The van der Waals surface area contributed by atoms with Crippen molar-refractivity contribution >= 4 is 5.91 Å². The average Bonchev–Trinajstić information content (AvgIpc) is 2.46. The predicted molar refractivity (Wildman–Crippen MR) is 84.0 cm³/mol. The van der Waals surface area contributed by atoms with Crippen molar-refractivity contribution in [3.63, 3.8) is 0 Å². The van der Waals surface area contributed by atoms with Crippen LogP contribution in [0.3, 0.4) is 0 Å². The molecule has 3 nitrogen and oxygen atoms in total. The highest BCUT2D eigenvalue weighted by Crippen LogP contribution is 2.15. The van der Waals surface area contributed by atoms with E-state index in [9.17, 15) is 4.79 Å². The number of nitrogens with one attached hydrogen (secondary N) is 1. The van der Waals surface area contributed by atoms with Crippen LogP contribution in [0.4, 0.5) is 0 Å². The van der Waals surface area contributed by atoms with Gasteiger partial charge in [-0.25, -0.2) is 5.48 Å². The maximum Gasteiger partial charge on any atom is 0.275 e. The number of hydrogen-bond acceptors (Lipinski definition) is 2. The number of benzene rings is 2. The number of carbonyl (C=O) groups excluding carboxylic acids is 1. The van der Waals surface area contributed by atoms with Crippen molar-refractivity contribution in [1.82, 2.24) is 5.48 Å². The molecule has 0 heterocycles. The van der Waals surface area contributed by atoms with E-state index in [1.165, 1.54) is 5.56 Å². The molecule has 0 aromatic heterocycles. The van der Waals surface area contributed by atoms with Crippen molar-refractivity contribution in [2.75, 3.05) is 0 Å². The second-order valence-electron chi connectivity index (χ2n) is 5.97. The lowest BCUT2D eigenvalue weighted by atomic mass is 9.99. The van der Waals surface area contributed by atoms with Gasteiger partial charge in [0, 0.05) is 5.56 Å². The summed E-state index contributed by atoms with van der Waals surface area (Å²) in [7, 11) is 0. The molecule has 2 aromatic rings. The van der Waals surface area contributed by atoms with Crippen molar-refractivity contribution < 1.29 is 9.63 Å². The first kappa shape index (κ1) is 15.3. The van der Waals surface area contributed by atoms with Gasteiger partial charge in [0.05, 0.1) is 5.60 Å². The Bertz CT molecular complexity index is 600. The predicted octanol–water partition coefficient (Wildman–Crippen LogP) is 3.74. The summed E-state index contributed by atoms with van der Waals surface area (Å²) in [5.74, 6) is -0.212. The minimum atomic E-state index is -0.413. The molecular weight excluding hydrogens is 262 g/mol. The minimum Gasteiger partial charge on any atom is -0.268 e. The Morgan fingerprint density at radius 3 is 2.29 bits per heavy atom. The van der Waals surface area contributed by atoms with E-state index in [2.05, 4.69) is 17.6 Å². The summed E-state index contributed by atoms with van der Waals surface area (Å²) in [5, 5.41) is 0. The molecule has 1 amide bonds. The highest BCUT2D eigenvalue weighted by atomic mass is 16.7. The Morgan fingerprint density at radius 2 is 1.62 bits per heavy atom. The van der Waals surface area contributed by atoms with Gasteiger partial charge in [-0.3, -0.25) is 9.63 Å². The summed E-state index contributed by atoms with van der Waals surface area (Å²) in [6, 6.07) is 17.7. The zero-order chi connectivity index (χ0) is 15.3. The van der Waals surface area contributed by atoms with Gasteiger partial charge in [-0.15, -0.1) is 0 Å². The van der Waals surface area contributed by atoms with E-state index in [0.717, 1.165) is 12.0 Å². The normalized spacial score (nSPS) is 11.2. The zero-order valence-corrected chi connectivity index (χ0v) is 12.7. The highest BCUT2D eigenvalue weighted by Gasteiger charge is 2.16. The summed E-state index contributed by atoms with van der Waals surface area (Å²) < 4.78 is 0. The van der Waals surface area contributed by atoms with Gasteiger partial charge in [-0.05, 0) is 44.4 Å². The first-order chi connectivity index (χ1) is 9.96. The Hall–Kier alpha value is -2.13. The quantitative estimate of drug-likeness (QED) is 0.868. The molecule has 2 aromatic carbocycles. The lowest BCUT2D eigenvalue weighted by Crippen LogP contribution is -2.34. The molecule has 0 saturated carbocycles. The smallest absolute Gasteiger partial charge is 0.268 e. The Labute approximate surface area is 125 Å². The first-order valence-electron chi connectivity index (χ1n) is 7.06. The zero-order valence-electron chi connectivity index (χ0n) is 12.7. The molecule has 0 aliphatic carbocycles. The molecule has 110 valence electrons. The van der Waals surface area contributed by atoms with Gasteiger partial charge in [-0.2, -0.15) is 0 Å². The van der Waals surface area contributed by atoms with Gasteiger partial charge in [0.1, 0.15) is 0 Å². The van der Waals surface area contributed by atoms with Crippen molar-refractivity contribution in [1.29, 1.82) is 0 Å². The van der Waals surface area contributed by atoms with Gasteiger partial charge < -0.3 is 0 Å². The molecule has 0 aliphatic heterocycles. The number of hydrogen-bond donors (Lipinski definition) is 1. The molecule has 0 aliphatic rings. The number of rotatable bonds is 4. The van der Waals surface area contributed by atoms with Gasteiger partial charge in [0.2, 0.25) is 0 Å². The topological polar surface area (TPSA) is 38.3 Å². The van der Waals surface area contributed by atoms with Gasteiger partial charge in [0.25, 0.3) is 5.91 Å². The van der Waals surface area contributed by atoms with Gasteiger partial charge >= 0.3 is 0 Å². The van der Waals surface area contributed by atoms with Crippen LogP contribution in [-0.4, -0.2) is 11.5 Å². The van der Waals surface area contributed by atoms with Crippen LogP contribution < -0.4 is 5.48 Å². The van der Waals surface area contributed by atoms with Crippen LogP contribution in [0.25, 0.3) is 0 Å². The molecule has 0 atom stereocenters. The largest absolute Gasteiger partial charge is 0.275 e. The molecule has 0 unspecified atom stereocenters. The van der Waals surface area contributed by atoms with Crippen LogP contribution in [0.15, 0.2) is 54.6 Å². The van der Waals surface area contributed by atoms with Crippen LogP contribution >= 0.6 is 0 Å². The van der Waals surface area contributed by atoms with E-state index < -0.39 is 5.60 Å². The SMILES string of the molecule is CC(C)(C)ONC(=O)c1ccccc1Cc1ccccc1. The molecule has 2 rings (SSSR count). The lowest BCUT2D eigenvalue weighted by Gasteiger charge is -2.19. The van der Waals surface area contributed by atoms with E-state index in [1.54, 1.807) is 0 Å². The lowest BCUT2D eigenvalue weighted by molar-refractivity contribution is -0.0590. The molecule has 1 N–H and O–H groups in total. The maximum absolute atomic E-state index is 12.3. The van der Waals surface area contributed by atoms with Crippen molar-refractivity contribution in [3.8, 4) is 0 Å². The molecule has 0 fully saturated rings. The Balaban J connectivity index is 2.15. The molecule has 0 bridgehead atoms. The van der Waals surface area contributed by atoms with E-state index in [1.807, 2.05) is 63.2 Å².